The summed E-state index contributed by atoms with van der Waals surface area (Å²) in [5.41, 5.74) is 3.14. The number of pyridine rings is 3. The molecule has 30 heavy (non-hydrogen) atoms. The van der Waals surface area contributed by atoms with Gasteiger partial charge in [0, 0.05) is 53.9 Å². The number of sulfone groups is 1. The fourth-order valence-corrected chi connectivity index (χ4v) is 3.71. The van der Waals surface area contributed by atoms with Crippen LogP contribution in [-0.4, -0.2) is 29.6 Å². The van der Waals surface area contributed by atoms with Gasteiger partial charge in [-0.2, -0.15) is 0 Å². The van der Waals surface area contributed by atoms with Crippen molar-refractivity contribution >= 4 is 9.84 Å². The van der Waals surface area contributed by atoms with Crippen molar-refractivity contribution in [1.29, 1.82) is 0 Å². The molecule has 0 bridgehead atoms. The molecule has 0 saturated carbocycles. The fraction of sp³-hybridized carbons (Fsp3) is 0.0870. The van der Waals surface area contributed by atoms with Crippen LogP contribution in [0, 0.1) is 0 Å². The van der Waals surface area contributed by atoms with E-state index in [-0.39, 0.29) is 4.90 Å². The first-order valence-corrected chi connectivity index (χ1v) is 11.1. The Morgan fingerprint density at radius 1 is 0.800 bits per heavy atom. The lowest BCUT2D eigenvalue weighted by Crippen LogP contribution is -2.11. The summed E-state index contributed by atoms with van der Waals surface area (Å²) in [6.07, 6.45) is 9.37. The van der Waals surface area contributed by atoms with Crippen LogP contribution in [-0.2, 0) is 9.84 Å². The summed E-state index contributed by atoms with van der Waals surface area (Å²) in [5.74, 6) is 0.572. The molecule has 1 aromatic carbocycles. The minimum Gasteiger partial charge on any atom is -0.479 e. The Labute approximate surface area is 175 Å². The smallest absolute Gasteiger partial charge is 0.175 e. The summed E-state index contributed by atoms with van der Waals surface area (Å²) in [6, 6.07) is 17.9. The Hall–Kier alpha value is -3.58. The molecule has 0 radical (unpaired) electrons. The molecule has 0 aliphatic rings. The maximum Gasteiger partial charge on any atom is 0.175 e. The highest BCUT2D eigenvalue weighted by Gasteiger charge is 2.19. The van der Waals surface area contributed by atoms with Gasteiger partial charge in [-0.1, -0.05) is 24.3 Å². The molecule has 0 amide bonds. The summed E-state index contributed by atoms with van der Waals surface area (Å²) in [5, 5.41) is 0. The van der Waals surface area contributed by atoms with Gasteiger partial charge in [0.1, 0.15) is 11.4 Å². The highest BCUT2D eigenvalue weighted by Crippen LogP contribution is 2.34. The quantitative estimate of drug-likeness (QED) is 0.470. The lowest BCUT2D eigenvalue weighted by Gasteiger charge is -2.21. The Morgan fingerprint density at radius 2 is 1.40 bits per heavy atom. The molecule has 0 unspecified atom stereocenters. The van der Waals surface area contributed by atoms with Crippen LogP contribution in [0.15, 0.2) is 96.5 Å². The van der Waals surface area contributed by atoms with E-state index < -0.39 is 15.9 Å². The molecule has 0 spiro atoms. The van der Waals surface area contributed by atoms with E-state index in [4.69, 9.17) is 4.74 Å². The highest BCUT2D eigenvalue weighted by molar-refractivity contribution is 7.90. The molecule has 6 nitrogen and oxygen atoms in total. The summed E-state index contributed by atoms with van der Waals surface area (Å²) in [7, 11) is -3.27. The van der Waals surface area contributed by atoms with Gasteiger partial charge in [-0.25, -0.2) is 8.42 Å². The third-order valence-electron chi connectivity index (χ3n) is 4.55. The predicted octanol–water partition coefficient (Wildman–Crippen LogP) is 4.11. The van der Waals surface area contributed by atoms with E-state index in [1.54, 1.807) is 61.3 Å². The van der Waals surface area contributed by atoms with E-state index in [9.17, 15) is 8.42 Å². The summed E-state index contributed by atoms with van der Waals surface area (Å²) in [6.45, 7) is 0. The van der Waals surface area contributed by atoms with E-state index in [0.29, 0.717) is 11.4 Å². The van der Waals surface area contributed by atoms with Gasteiger partial charge in [-0.3, -0.25) is 15.0 Å². The largest absolute Gasteiger partial charge is 0.479 e. The van der Waals surface area contributed by atoms with Crippen LogP contribution in [0.1, 0.15) is 17.2 Å². The first-order chi connectivity index (χ1) is 14.5. The maximum absolute atomic E-state index is 11.8. The zero-order valence-electron chi connectivity index (χ0n) is 16.2. The molecule has 0 aliphatic heterocycles. The van der Waals surface area contributed by atoms with Crippen LogP contribution >= 0.6 is 0 Å². The summed E-state index contributed by atoms with van der Waals surface area (Å²) in [4.78, 5) is 13.2. The van der Waals surface area contributed by atoms with Gasteiger partial charge < -0.3 is 4.74 Å². The van der Waals surface area contributed by atoms with Crippen LogP contribution in [0.2, 0.25) is 0 Å². The van der Waals surface area contributed by atoms with Gasteiger partial charge in [-0.15, -0.1) is 0 Å². The summed E-state index contributed by atoms with van der Waals surface area (Å²) < 4.78 is 29.9. The Morgan fingerprint density at radius 3 is 1.93 bits per heavy atom. The maximum atomic E-state index is 11.8. The highest BCUT2D eigenvalue weighted by atomic mass is 32.2. The molecule has 3 heterocycles. The molecular weight excluding hydrogens is 398 g/mol. The Bertz CT molecular complexity index is 1190. The van der Waals surface area contributed by atoms with Crippen molar-refractivity contribution in [2.45, 2.75) is 11.0 Å². The molecule has 4 rings (SSSR count). The molecule has 7 heteroatoms. The molecule has 4 aromatic rings. The third kappa shape index (κ3) is 4.36. The zero-order valence-corrected chi connectivity index (χ0v) is 17.0. The van der Waals surface area contributed by atoms with Crippen LogP contribution < -0.4 is 4.74 Å². The zero-order chi connectivity index (χ0) is 21.0. The Balaban J connectivity index is 1.74. The summed E-state index contributed by atoms with van der Waals surface area (Å²) >= 11 is 0. The second kappa shape index (κ2) is 8.42. The lowest BCUT2D eigenvalue weighted by molar-refractivity contribution is 0.246. The van der Waals surface area contributed by atoms with Crippen molar-refractivity contribution in [2.75, 3.05) is 6.26 Å². The van der Waals surface area contributed by atoms with Gasteiger partial charge in [0.25, 0.3) is 0 Å². The molecular formula is C23H19N3O3S. The normalized spacial score (nSPS) is 11.4. The molecule has 0 fully saturated rings. The van der Waals surface area contributed by atoms with Crippen LogP contribution in [0.4, 0.5) is 0 Å². The minimum absolute atomic E-state index is 0.258. The number of aromatic nitrogens is 3. The molecule has 0 N–H and O–H groups in total. The van der Waals surface area contributed by atoms with Crippen molar-refractivity contribution in [3.8, 4) is 17.0 Å². The van der Waals surface area contributed by atoms with Gasteiger partial charge in [0.15, 0.2) is 15.9 Å². The van der Waals surface area contributed by atoms with Crippen LogP contribution in [0.25, 0.3) is 11.3 Å². The number of ether oxygens (including phenoxy) is 1. The first kappa shape index (κ1) is 19.7. The van der Waals surface area contributed by atoms with Crippen molar-refractivity contribution in [1.82, 2.24) is 15.0 Å². The standard InChI is InChI=1S/C23H19N3O3S/c1-30(27,28)20-10-8-17(9-11-20)22-21(7-4-14-26-22)29-23(18-5-2-12-24-15-18)19-6-3-13-25-16-19/h2-16,23H,1H3. The number of hydrogen-bond acceptors (Lipinski definition) is 6. The van der Waals surface area contributed by atoms with E-state index in [1.165, 1.54) is 6.26 Å². The monoisotopic (exact) mass is 417 g/mol. The molecule has 3 aromatic heterocycles. The Kier molecular flexibility index (Phi) is 5.54. The SMILES string of the molecule is CS(=O)(=O)c1ccc(-c2ncccc2OC(c2cccnc2)c2cccnc2)cc1. The average molecular weight is 417 g/mol. The number of benzene rings is 1. The van der Waals surface area contributed by atoms with E-state index >= 15 is 0 Å². The molecule has 0 saturated heterocycles. The van der Waals surface area contributed by atoms with Crippen molar-refractivity contribution < 1.29 is 13.2 Å². The first-order valence-electron chi connectivity index (χ1n) is 9.24. The second-order valence-corrected chi connectivity index (χ2v) is 8.73. The van der Waals surface area contributed by atoms with Gasteiger partial charge in [-0.05, 0) is 36.4 Å². The number of nitrogens with zero attached hydrogens (tertiary/aromatic N) is 3. The molecule has 0 atom stereocenters. The van der Waals surface area contributed by atoms with Gasteiger partial charge in [0.2, 0.25) is 0 Å². The fourth-order valence-electron chi connectivity index (χ4n) is 3.08. The van der Waals surface area contributed by atoms with Crippen molar-refractivity contribution in [3.05, 3.63) is 103 Å². The third-order valence-corrected chi connectivity index (χ3v) is 5.67. The van der Waals surface area contributed by atoms with E-state index in [2.05, 4.69) is 15.0 Å². The number of rotatable bonds is 6. The topological polar surface area (TPSA) is 82.0 Å². The van der Waals surface area contributed by atoms with Crippen LogP contribution in [0.3, 0.4) is 0 Å². The molecule has 150 valence electrons. The van der Waals surface area contributed by atoms with Gasteiger partial charge >= 0.3 is 0 Å². The lowest BCUT2D eigenvalue weighted by atomic mass is 10.0. The van der Waals surface area contributed by atoms with E-state index in [0.717, 1.165) is 16.7 Å². The number of hydrogen-bond donors (Lipinski definition) is 0. The molecule has 0 aliphatic carbocycles. The second-order valence-electron chi connectivity index (χ2n) is 6.72. The van der Waals surface area contributed by atoms with Crippen LogP contribution in [0.5, 0.6) is 5.75 Å². The van der Waals surface area contributed by atoms with Gasteiger partial charge in [0.05, 0.1) is 4.90 Å². The van der Waals surface area contributed by atoms with Crippen molar-refractivity contribution in [3.63, 3.8) is 0 Å². The predicted molar refractivity (Wildman–Crippen MR) is 114 cm³/mol. The average Bonchev–Trinajstić information content (AvgIpc) is 2.78. The van der Waals surface area contributed by atoms with Crippen molar-refractivity contribution in [2.24, 2.45) is 0 Å². The van der Waals surface area contributed by atoms with E-state index in [1.807, 2.05) is 30.3 Å². The minimum atomic E-state index is -3.27.